The van der Waals surface area contributed by atoms with E-state index < -0.39 is 0 Å². The normalized spacial score (nSPS) is 31.1. The minimum Gasteiger partial charge on any atom is -0.325 e. The predicted molar refractivity (Wildman–Crippen MR) is 36.1 cm³/mol. The number of hydrogen-bond donors (Lipinski definition) is 1. The van der Waals surface area contributed by atoms with Crippen molar-refractivity contribution in [2.45, 2.75) is 31.2 Å². The summed E-state index contributed by atoms with van der Waals surface area (Å²) in [7, 11) is 0. The van der Waals surface area contributed by atoms with Gasteiger partial charge in [-0.05, 0) is 31.6 Å². The highest BCUT2D eigenvalue weighted by Gasteiger charge is 2.50. The number of nitrogens with two attached hydrogens (primary N) is 1. The average molecular weight is 134 g/mol. The van der Waals surface area contributed by atoms with E-state index >= 15 is 0 Å². The van der Waals surface area contributed by atoms with E-state index in [0.717, 1.165) is 5.92 Å². The maximum Gasteiger partial charge on any atom is 0.0184 e. The maximum atomic E-state index is 5.85. The lowest BCUT2D eigenvalue weighted by Crippen LogP contribution is -2.23. The molecule has 2 rings (SSSR count). The Labute approximate surface area is 56.0 Å². The number of hydrogen-bond acceptors (Lipinski definition) is 1. The smallest absolute Gasteiger partial charge is 0.0184 e. The van der Waals surface area contributed by atoms with E-state index in [1.54, 1.807) is 0 Å². The molecule has 2 aliphatic carbocycles. The first kappa shape index (κ1) is 6.37. The van der Waals surface area contributed by atoms with Gasteiger partial charge in [0.1, 0.15) is 0 Å². The van der Waals surface area contributed by atoms with Crippen LogP contribution in [0.2, 0.25) is 0 Å². The molecule has 0 aromatic heterocycles. The Morgan fingerprint density at radius 2 is 1.75 bits per heavy atom. The molecule has 0 bridgehead atoms. The molecular formula is C6H12ClN. The Bertz CT molecular complexity index is 94.7. The van der Waals surface area contributed by atoms with Crippen molar-refractivity contribution in [3.05, 3.63) is 0 Å². The lowest BCUT2D eigenvalue weighted by atomic mass is 10.2. The topological polar surface area (TPSA) is 26.0 Å². The summed E-state index contributed by atoms with van der Waals surface area (Å²) in [6.07, 6.45) is 5.43. The summed E-state index contributed by atoms with van der Waals surface area (Å²) in [5.74, 6) is 0.937. The molecule has 1 nitrogen and oxygen atoms in total. The molecule has 2 heteroatoms. The van der Waals surface area contributed by atoms with E-state index in [1.165, 1.54) is 25.7 Å². The molecule has 0 saturated heterocycles. The van der Waals surface area contributed by atoms with Crippen LogP contribution in [0.3, 0.4) is 0 Å². The van der Waals surface area contributed by atoms with Crippen LogP contribution in [0.5, 0.6) is 0 Å². The van der Waals surface area contributed by atoms with Crippen LogP contribution in [0.1, 0.15) is 25.7 Å². The van der Waals surface area contributed by atoms with Crippen LogP contribution < -0.4 is 5.73 Å². The monoisotopic (exact) mass is 133 g/mol. The fraction of sp³-hybridized carbons (Fsp3) is 1.00. The minimum absolute atomic E-state index is 0. The standard InChI is InChI=1S/C6H11N.ClH/c7-6(3-4-6)5-1-2-5;/h5H,1-4,7H2;1H. The Morgan fingerprint density at radius 1 is 1.25 bits per heavy atom. The van der Waals surface area contributed by atoms with Crippen molar-refractivity contribution in [2.24, 2.45) is 11.7 Å². The molecule has 0 aliphatic heterocycles. The number of rotatable bonds is 1. The lowest BCUT2D eigenvalue weighted by Gasteiger charge is -2.01. The molecule has 2 fully saturated rings. The molecular weight excluding hydrogens is 122 g/mol. The van der Waals surface area contributed by atoms with Gasteiger partial charge in [0.15, 0.2) is 0 Å². The van der Waals surface area contributed by atoms with Gasteiger partial charge < -0.3 is 5.73 Å². The molecule has 0 spiro atoms. The van der Waals surface area contributed by atoms with E-state index in [0.29, 0.717) is 5.54 Å². The Balaban J connectivity index is 0.000000320. The van der Waals surface area contributed by atoms with Crippen molar-refractivity contribution in [1.82, 2.24) is 0 Å². The van der Waals surface area contributed by atoms with Gasteiger partial charge in [0.05, 0.1) is 0 Å². The summed E-state index contributed by atoms with van der Waals surface area (Å²) in [6.45, 7) is 0. The summed E-state index contributed by atoms with van der Waals surface area (Å²) < 4.78 is 0. The first-order valence-electron chi connectivity index (χ1n) is 3.10. The molecule has 0 aromatic rings. The van der Waals surface area contributed by atoms with Gasteiger partial charge in [-0.1, -0.05) is 0 Å². The second kappa shape index (κ2) is 1.61. The van der Waals surface area contributed by atoms with Crippen LogP contribution in [-0.2, 0) is 0 Å². The van der Waals surface area contributed by atoms with Crippen LogP contribution in [-0.4, -0.2) is 5.54 Å². The fourth-order valence-electron chi connectivity index (χ4n) is 1.21. The summed E-state index contributed by atoms with van der Waals surface area (Å²) in [5.41, 5.74) is 6.21. The first-order chi connectivity index (χ1) is 3.31. The van der Waals surface area contributed by atoms with Crippen LogP contribution in [0, 0.1) is 5.92 Å². The van der Waals surface area contributed by atoms with Crippen molar-refractivity contribution >= 4 is 12.4 Å². The van der Waals surface area contributed by atoms with Crippen LogP contribution in [0.4, 0.5) is 0 Å². The quantitative estimate of drug-likeness (QED) is 0.574. The third-order valence-corrected chi connectivity index (χ3v) is 2.22. The van der Waals surface area contributed by atoms with Crippen molar-refractivity contribution < 1.29 is 0 Å². The van der Waals surface area contributed by atoms with Crippen molar-refractivity contribution in [3.8, 4) is 0 Å². The second-order valence-electron chi connectivity index (χ2n) is 3.01. The highest BCUT2D eigenvalue weighted by atomic mass is 35.5. The molecule has 2 N–H and O–H groups in total. The summed E-state index contributed by atoms with van der Waals surface area (Å²) in [6, 6.07) is 0. The third kappa shape index (κ3) is 0.848. The first-order valence-corrected chi connectivity index (χ1v) is 3.10. The molecule has 2 saturated carbocycles. The zero-order valence-corrected chi connectivity index (χ0v) is 5.71. The number of halogens is 1. The molecule has 0 unspecified atom stereocenters. The molecule has 8 heavy (non-hydrogen) atoms. The van der Waals surface area contributed by atoms with E-state index in [9.17, 15) is 0 Å². The van der Waals surface area contributed by atoms with E-state index in [2.05, 4.69) is 0 Å². The van der Waals surface area contributed by atoms with Gasteiger partial charge in [-0.2, -0.15) is 0 Å². The molecule has 2 aliphatic rings. The van der Waals surface area contributed by atoms with E-state index in [-0.39, 0.29) is 12.4 Å². The molecule has 0 aromatic carbocycles. The summed E-state index contributed by atoms with van der Waals surface area (Å²) in [5, 5.41) is 0. The van der Waals surface area contributed by atoms with Crippen LogP contribution >= 0.6 is 12.4 Å². The van der Waals surface area contributed by atoms with Crippen molar-refractivity contribution in [3.63, 3.8) is 0 Å². The Morgan fingerprint density at radius 3 is 1.88 bits per heavy atom. The maximum absolute atomic E-state index is 5.85. The van der Waals surface area contributed by atoms with E-state index in [1.807, 2.05) is 0 Å². The van der Waals surface area contributed by atoms with Gasteiger partial charge in [0.2, 0.25) is 0 Å². The second-order valence-corrected chi connectivity index (χ2v) is 3.01. The molecule has 48 valence electrons. The van der Waals surface area contributed by atoms with Gasteiger partial charge in [-0.15, -0.1) is 12.4 Å². The van der Waals surface area contributed by atoms with Crippen molar-refractivity contribution in [2.75, 3.05) is 0 Å². The molecule has 0 amide bonds. The Hall–Kier alpha value is 0.250. The predicted octanol–water partition coefficient (Wildman–Crippen LogP) is 1.31. The van der Waals surface area contributed by atoms with Gasteiger partial charge in [0.25, 0.3) is 0 Å². The average Bonchev–Trinajstić information content (AvgIpc) is 2.14. The molecule has 0 atom stereocenters. The Kier molecular flexibility index (Phi) is 1.28. The fourth-order valence-corrected chi connectivity index (χ4v) is 1.21. The zero-order valence-electron chi connectivity index (χ0n) is 4.89. The van der Waals surface area contributed by atoms with Gasteiger partial charge in [-0.25, -0.2) is 0 Å². The lowest BCUT2D eigenvalue weighted by molar-refractivity contribution is 0.588. The van der Waals surface area contributed by atoms with Gasteiger partial charge in [0, 0.05) is 5.54 Å². The molecule has 0 radical (unpaired) electrons. The molecule has 0 heterocycles. The zero-order chi connectivity index (χ0) is 4.91. The van der Waals surface area contributed by atoms with Gasteiger partial charge in [-0.3, -0.25) is 0 Å². The SMILES string of the molecule is Cl.NC1(C2CC2)CC1. The van der Waals surface area contributed by atoms with Crippen molar-refractivity contribution in [1.29, 1.82) is 0 Å². The van der Waals surface area contributed by atoms with Crippen LogP contribution in [0.25, 0.3) is 0 Å². The third-order valence-electron chi connectivity index (χ3n) is 2.22. The van der Waals surface area contributed by atoms with Crippen LogP contribution in [0.15, 0.2) is 0 Å². The summed E-state index contributed by atoms with van der Waals surface area (Å²) >= 11 is 0. The highest BCUT2D eigenvalue weighted by molar-refractivity contribution is 5.85. The van der Waals surface area contributed by atoms with E-state index in [4.69, 9.17) is 5.73 Å². The highest BCUT2D eigenvalue weighted by Crippen LogP contribution is 2.51. The summed E-state index contributed by atoms with van der Waals surface area (Å²) in [4.78, 5) is 0. The largest absolute Gasteiger partial charge is 0.325 e. The van der Waals surface area contributed by atoms with Gasteiger partial charge >= 0.3 is 0 Å². The minimum atomic E-state index is 0.